The summed E-state index contributed by atoms with van der Waals surface area (Å²) in [5.41, 5.74) is 10.8. The second-order valence-electron chi connectivity index (χ2n) is 12.6. The predicted molar refractivity (Wildman–Crippen MR) is 211 cm³/mol. The van der Waals surface area contributed by atoms with Crippen molar-refractivity contribution in [2.24, 2.45) is 5.73 Å². The van der Waals surface area contributed by atoms with Crippen molar-refractivity contribution >= 4 is 83.8 Å². The number of carbonyl (C=O) groups is 10. The van der Waals surface area contributed by atoms with Crippen LogP contribution in [0.15, 0.2) is 12.2 Å². The number of amides is 7. The van der Waals surface area contributed by atoms with Crippen molar-refractivity contribution in [3.05, 3.63) is 12.2 Å². The Morgan fingerprint density at radius 2 is 1.41 bits per heavy atom. The Bertz CT molecular complexity index is 1380. The number of nitrogens with two attached hydrogens (primary N) is 1. The van der Waals surface area contributed by atoms with Crippen molar-refractivity contribution in [2.45, 2.75) is 95.4 Å². The lowest BCUT2D eigenvalue weighted by atomic mass is 10.00. The maximum absolute atomic E-state index is 13.0. The van der Waals surface area contributed by atoms with Gasteiger partial charge in [0.05, 0.1) is 25.2 Å². The summed E-state index contributed by atoms with van der Waals surface area (Å²) >= 11 is 5.04. The number of aldehydes is 1. The van der Waals surface area contributed by atoms with Crippen LogP contribution in [0.3, 0.4) is 0 Å². The third-order valence-electron chi connectivity index (χ3n) is 8.20. The van der Waals surface area contributed by atoms with Crippen LogP contribution in [-0.4, -0.2) is 138 Å². The maximum atomic E-state index is 13.0. The lowest BCUT2D eigenvalue weighted by Gasteiger charge is -2.21. The number of Topliss-reactive ketones (excluding diaryl/α,β-unsaturated/α-hetero) is 2. The minimum Gasteiger partial charge on any atom is -0.356 e. The van der Waals surface area contributed by atoms with Gasteiger partial charge in [0.25, 0.3) is 11.8 Å². The Balaban J connectivity index is 0.000000812. The Labute approximate surface area is 337 Å². The summed E-state index contributed by atoms with van der Waals surface area (Å²) in [6.45, 7) is 5.37. The van der Waals surface area contributed by atoms with Crippen molar-refractivity contribution in [1.29, 1.82) is 0 Å². The minimum absolute atomic E-state index is 0.00356. The van der Waals surface area contributed by atoms with Crippen LogP contribution in [0.25, 0.3) is 0 Å². The number of nitrogens with zero attached hydrogens (tertiary/aromatic N) is 2. The van der Waals surface area contributed by atoms with Gasteiger partial charge in [-0.15, -0.1) is 0 Å². The van der Waals surface area contributed by atoms with Crippen LogP contribution >= 0.6 is 24.6 Å². The molecule has 0 aromatic heterocycles. The molecule has 2 aliphatic rings. The number of hydrazine groups is 1. The van der Waals surface area contributed by atoms with E-state index in [1.807, 2.05) is 13.8 Å². The van der Waals surface area contributed by atoms with Crippen molar-refractivity contribution in [3.63, 3.8) is 0 Å². The first kappa shape index (κ1) is 50.0. The van der Waals surface area contributed by atoms with Crippen molar-refractivity contribution < 1.29 is 47.9 Å². The Hall–Kier alpha value is -4.02. The first-order valence-electron chi connectivity index (χ1n) is 18.7. The summed E-state index contributed by atoms with van der Waals surface area (Å²) in [4.78, 5) is 121. The van der Waals surface area contributed by atoms with Gasteiger partial charge >= 0.3 is 0 Å². The number of ketones is 2. The molecule has 2 rings (SSSR count). The van der Waals surface area contributed by atoms with Gasteiger partial charge in [-0.05, 0) is 32.2 Å². The molecule has 1 fully saturated rings. The fraction of sp³-hybridized carbons (Fsp3) is 0.657. The number of hydrogen-bond donors (Lipinski definition) is 8. The Morgan fingerprint density at radius 1 is 0.839 bits per heavy atom. The Kier molecular flexibility index (Phi) is 26.1. The second kappa shape index (κ2) is 29.3. The number of likely N-dealkylation sites (tertiary alicyclic amines) is 1. The zero-order valence-electron chi connectivity index (χ0n) is 32.1. The SMILES string of the molecule is CCCCNC(=O)CCN1C(=O)C=CC1=O.CCCCNC(=O)CCN1C(=O)CC(SN[C@@H](CS)C(=O)C(=O)C(CCCCN)NNCC(=O)NCC=O)C1=O. The largest absolute Gasteiger partial charge is 0.356 e. The number of rotatable bonds is 29. The number of unbranched alkanes of at least 4 members (excludes halogenated alkanes) is 3. The van der Waals surface area contributed by atoms with Crippen LogP contribution < -0.4 is 37.3 Å². The molecule has 3 atom stereocenters. The van der Waals surface area contributed by atoms with E-state index in [2.05, 4.69) is 44.2 Å². The molecular formula is C35H57N9O10S2. The first-order chi connectivity index (χ1) is 26.8. The highest BCUT2D eigenvalue weighted by atomic mass is 32.2. The van der Waals surface area contributed by atoms with Crippen LogP contribution in [0.2, 0.25) is 0 Å². The van der Waals surface area contributed by atoms with Gasteiger partial charge in [-0.1, -0.05) is 45.1 Å². The van der Waals surface area contributed by atoms with E-state index in [0.717, 1.165) is 47.4 Å². The zero-order valence-corrected chi connectivity index (χ0v) is 33.8. The van der Waals surface area contributed by atoms with Gasteiger partial charge in [-0.3, -0.25) is 57.7 Å². The monoisotopic (exact) mass is 827 g/mol. The van der Waals surface area contributed by atoms with Gasteiger partial charge in [0.2, 0.25) is 41.1 Å². The molecule has 19 nitrogen and oxygen atoms in total. The molecule has 2 aliphatic heterocycles. The van der Waals surface area contributed by atoms with E-state index in [0.29, 0.717) is 38.8 Å². The molecule has 0 spiro atoms. The molecule has 0 aromatic rings. The number of nitrogens with one attached hydrogen (secondary N) is 6. The number of thiol groups is 1. The summed E-state index contributed by atoms with van der Waals surface area (Å²) in [6, 6.07) is -2.00. The number of carbonyl (C=O) groups excluding carboxylic acids is 10. The highest BCUT2D eigenvalue weighted by Crippen LogP contribution is 2.24. The average Bonchev–Trinajstić information content (AvgIpc) is 3.65. The summed E-state index contributed by atoms with van der Waals surface area (Å²) in [5, 5.41) is 6.99. The second-order valence-corrected chi connectivity index (χ2v) is 14.1. The van der Waals surface area contributed by atoms with Gasteiger partial charge < -0.3 is 26.5 Å². The maximum Gasteiger partial charge on any atom is 0.253 e. The summed E-state index contributed by atoms with van der Waals surface area (Å²) < 4.78 is 2.81. The van der Waals surface area contributed by atoms with Crippen LogP contribution in [0.5, 0.6) is 0 Å². The highest BCUT2D eigenvalue weighted by Gasteiger charge is 2.40. The molecule has 0 radical (unpaired) electrons. The summed E-state index contributed by atoms with van der Waals surface area (Å²) in [6.07, 6.45) is 8.22. The van der Waals surface area contributed by atoms with Crippen molar-refractivity contribution in [1.82, 2.24) is 41.3 Å². The predicted octanol–water partition coefficient (Wildman–Crippen LogP) is -1.78. The molecule has 1 saturated heterocycles. The molecule has 0 aliphatic carbocycles. The fourth-order valence-electron chi connectivity index (χ4n) is 4.96. The topological polar surface area (TPSA) is 275 Å². The smallest absolute Gasteiger partial charge is 0.253 e. The van der Waals surface area contributed by atoms with Gasteiger partial charge in [0, 0.05) is 63.3 Å². The van der Waals surface area contributed by atoms with E-state index < -0.39 is 46.6 Å². The standard InChI is InChI=1S/C24H41N7O7S2.C11H16N2O3/c1-2-3-9-26-19(33)7-11-31-21(35)13-18(24(31)38)40-30-17(15-39)23(37)22(36)16(6-4-5-8-25)29-28-14-20(34)27-10-12-32;1-2-3-7-12-9(14)6-8-13-10(15)4-5-11(13)16/h12,16-18,28-30,39H,2-11,13-15,25H2,1H3,(H,26,33)(H,27,34);4-5H,2-3,6-8H2,1H3,(H,12,14)/t16?,17-,18?;/m0./s1. The highest BCUT2D eigenvalue weighted by molar-refractivity contribution is 7.98. The van der Waals surface area contributed by atoms with Gasteiger partial charge in [-0.25, -0.2) is 10.9 Å². The number of hydrogen-bond acceptors (Lipinski definition) is 16. The van der Waals surface area contributed by atoms with Crippen LogP contribution in [0, 0.1) is 0 Å². The number of imide groups is 2. The Morgan fingerprint density at radius 3 is 1.95 bits per heavy atom. The molecule has 7 amide bonds. The van der Waals surface area contributed by atoms with Crippen molar-refractivity contribution in [3.8, 4) is 0 Å². The molecule has 56 heavy (non-hydrogen) atoms. The molecule has 314 valence electrons. The van der Waals surface area contributed by atoms with E-state index in [4.69, 9.17) is 5.73 Å². The normalized spacial score (nSPS) is 16.0. The van der Waals surface area contributed by atoms with Gasteiger partial charge in [0.15, 0.2) is 0 Å². The molecular weight excluding hydrogens is 771 g/mol. The van der Waals surface area contributed by atoms with Gasteiger partial charge in [-0.2, -0.15) is 12.6 Å². The van der Waals surface area contributed by atoms with E-state index >= 15 is 0 Å². The molecule has 8 N–H and O–H groups in total. The molecule has 21 heteroatoms. The quantitative estimate of drug-likeness (QED) is 0.00788. The first-order valence-corrected chi connectivity index (χ1v) is 20.3. The van der Waals surface area contributed by atoms with Crippen LogP contribution in [-0.2, 0) is 47.9 Å². The summed E-state index contributed by atoms with van der Waals surface area (Å²) in [5.74, 6) is -4.00. The van der Waals surface area contributed by atoms with Crippen molar-refractivity contribution in [2.75, 3.05) is 51.6 Å². The molecule has 2 unspecified atom stereocenters. The summed E-state index contributed by atoms with van der Waals surface area (Å²) in [7, 11) is 0. The lowest BCUT2D eigenvalue weighted by molar-refractivity contribution is -0.140. The van der Waals surface area contributed by atoms with Crippen LogP contribution in [0.1, 0.15) is 78.1 Å². The molecule has 0 bridgehead atoms. The third-order valence-corrected chi connectivity index (χ3v) is 9.64. The minimum atomic E-state index is -1.04. The zero-order chi connectivity index (χ0) is 41.9. The average molecular weight is 828 g/mol. The fourth-order valence-corrected chi connectivity index (χ4v) is 6.31. The third kappa shape index (κ3) is 19.2. The molecule has 0 aromatic carbocycles. The van der Waals surface area contributed by atoms with E-state index in [1.54, 1.807) is 0 Å². The lowest BCUT2D eigenvalue weighted by Crippen LogP contribution is -2.53. The van der Waals surface area contributed by atoms with E-state index in [1.165, 1.54) is 12.2 Å². The van der Waals surface area contributed by atoms with Crippen LogP contribution in [0.4, 0.5) is 0 Å². The molecule has 2 heterocycles. The molecule has 0 saturated carbocycles. The van der Waals surface area contributed by atoms with E-state index in [9.17, 15) is 47.9 Å². The van der Waals surface area contributed by atoms with E-state index in [-0.39, 0.29) is 81.2 Å². The van der Waals surface area contributed by atoms with Gasteiger partial charge in [0.1, 0.15) is 11.5 Å².